The van der Waals surface area contributed by atoms with Crippen LogP contribution in [0.2, 0.25) is 0 Å². The highest BCUT2D eigenvalue weighted by Crippen LogP contribution is 2.40. The Kier molecular flexibility index (Phi) is 11.5. The van der Waals surface area contributed by atoms with Crippen LogP contribution in [0.1, 0.15) is 52.5 Å². The lowest BCUT2D eigenvalue weighted by Crippen LogP contribution is -2.32. The molecule has 1 atom stereocenters. The molecule has 0 radical (unpaired) electrons. The maximum absolute atomic E-state index is 10.1. The minimum Gasteiger partial charge on any atom is -0.493 e. The van der Waals surface area contributed by atoms with E-state index in [1.807, 2.05) is 18.2 Å². The zero-order valence-electron chi connectivity index (χ0n) is 18.0. The molecule has 0 bridgehead atoms. The SMILES string of the molecule is COc1ccc(C(C#N)(CCCN(C)CCC(C)C)C(C)C)cc1OC.Cl. The molecule has 0 aliphatic rings. The van der Waals surface area contributed by atoms with E-state index < -0.39 is 5.41 Å². The van der Waals surface area contributed by atoms with Crippen LogP contribution in [0.3, 0.4) is 0 Å². The van der Waals surface area contributed by atoms with Crippen molar-refractivity contribution in [3.8, 4) is 17.6 Å². The minimum atomic E-state index is -0.515. The van der Waals surface area contributed by atoms with Gasteiger partial charge in [0.05, 0.1) is 25.7 Å². The van der Waals surface area contributed by atoms with Crippen LogP contribution in [0.15, 0.2) is 18.2 Å². The molecule has 1 aromatic rings. The molecule has 0 amide bonds. The normalized spacial score (nSPS) is 13.2. The van der Waals surface area contributed by atoms with Crippen molar-refractivity contribution in [1.82, 2.24) is 4.90 Å². The Labute approximate surface area is 172 Å². The highest BCUT2D eigenvalue weighted by molar-refractivity contribution is 5.85. The summed E-state index contributed by atoms with van der Waals surface area (Å²) >= 11 is 0. The van der Waals surface area contributed by atoms with Crippen molar-refractivity contribution in [3.05, 3.63) is 23.8 Å². The van der Waals surface area contributed by atoms with Crippen LogP contribution in [-0.4, -0.2) is 39.3 Å². The zero-order valence-corrected chi connectivity index (χ0v) is 18.9. The number of nitriles is 1. The molecule has 0 aliphatic carbocycles. The molecule has 1 rings (SSSR count). The molecular weight excluding hydrogens is 360 g/mol. The van der Waals surface area contributed by atoms with Crippen LogP contribution < -0.4 is 9.47 Å². The summed E-state index contributed by atoms with van der Waals surface area (Å²) in [5, 5.41) is 10.1. The smallest absolute Gasteiger partial charge is 0.161 e. The third kappa shape index (κ3) is 6.90. The van der Waals surface area contributed by atoms with Gasteiger partial charge in [-0.1, -0.05) is 33.8 Å². The fraction of sp³-hybridized carbons (Fsp3) is 0.682. The first-order valence-corrected chi connectivity index (χ1v) is 9.63. The van der Waals surface area contributed by atoms with Crippen LogP contribution in [0.25, 0.3) is 0 Å². The van der Waals surface area contributed by atoms with E-state index in [4.69, 9.17) is 9.47 Å². The van der Waals surface area contributed by atoms with Crippen molar-refractivity contribution in [3.63, 3.8) is 0 Å². The van der Waals surface area contributed by atoms with Gasteiger partial charge < -0.3 is 14.4 Å². The molecule has 1 unspecified atom stereocenters. The molecule has 27 heavy (non-hydrogen) atoms. The first-order valence-electron chi connectivity index (χ1n) is 9.63. The van der Waals surface area contributed by atoms with Gasteiger partial charge in [0.1, 0.15) is 0 Å². The summed E-state index contributed by atoms with van der Waals surface area (Å²) in [6, 6.07) is 8.50. The van der Waals surface area contributed by atoms with Gasteiger partial charge >= 0.3 is 0 Å². The van der Waals surface area contributed by atoms with E-state index in [9.17, 15) is 5.26 Å². The van der Waals surface area contributed by atoms with Gasteiger partial charge in [-0.15, -0.1) is 12.4 Å². The van der Waals surface area contributed by atoms with E-state index in [0.717, 1.165) is 37.4 Å². The average Bonchev–Trinajstić information content (AvgIpc) is 2.62. The summed E-state index contributed by atoms with van der Waals surface area (Å²) in [5.41, 5.74) is 0.496. The lowest BCUT2D eigenvalue weighted by atomic mass is 9.69. The fourth-order valence-electron chi connectivity index (χ4n) is 3.35. The minimum absolute atomic E-state index is 0. The van der Waals surface area contributed by atoms with Gasteiger partial charge in [0.25, 0.3) is 0 Å². The molecule has 0 aliphatic heterocycles. The third-order valence-electron chi connectivity index (χ3n) is 5.28. The van der Waals surface area contributed by atoms with Gasteiger partial charge in [-0.3, -0.25) is 0 Å². The van der Waals surface area contributed by atoms with Gasteiger partial charge in [-0.2, -0.15) is 5.26 Å². The number of hydrogen-bond acceptors (Lipinski definition) is 4. The number of methoxy groups -OCH3 is 2. The number of halogens is 1. The average molecular weight is 397 g/mol. The topological polar surface area (TPSA) is 45.5 Å². The van der Waals surface area contributed by atoms with E-state index >= 15 is 0 Å². The van der Waals surface area contributed by atoms with Crippen LogP contribution >= 0.6 is 12.4 Å². The Morgan fingerprint density at radius 1 is 1.07 bits per heavy atom. The Morgan fingerprint density at radius 2 is 1.70 bits per heavy atom. The molecule has 0 aromatic heterocycles. The summed E-state index contributed by atoms with van der Waals surface area (Å²) in [6.45, 7) is 10.9. The van der Waals surface area contributed by atoms with Crippen molar-refractivity contribution in [2.24, 2.45) is 11.8 Å². The maximum Gasteiger partial charge on any atom is 0.161 e. The van der Waals surface area contributed by atoms with E-state index in [1.165, 1.54) is 6.42 Å². The van der Waals surface area contributed by atoms with E-state index in [0.29, 0.717) is 11.5 Å². The zero-order chi connectivity index (χ0) is 19.7. The molecule has 154 valence electrons. The van der Waals surface area contributed by atoms with Gasteiger partial charge in [-0.25, -0.2) is 0 Å². The standard InChI is InChI=1S/C22H36N2O2.ClH/c1-17(2)11-14-24(5)13-8-12-22(16-23,18(3)4)19-9-10-20(25-6)21(15-19)26-7;/h9-10,15,17-18H,8,11-14H2,1-7H3;1H. The van der Waals surface area contributed by atoms with Crippen LogP contribution in [0.5, 0.6) is 11.5 Å². The number of hydrogen-bond donors (Lipinski definition) is 0. The van der Waals surface area contributed by atoms with Crippen molar-refractivity contribution < 1.29 is 9.47 Å². The largest absolute Gasteiger partial charge is 0.493 e. The fourth-order valence-corrected chi connectivity index (χ4v) is 3.35. The second-order valence-corrected chi connectivity index (χ2v) is 7.90. The van der Waals surface area contributed by atoms with Crippen molar-refractivity contribution >= 4 is 12.4 Å². The first kappa shape index (κ1) is 25.6. The number of rotatable bonds is 11. The van der Waals surface area contributed by atoms with Crippen LogP contribution in [0, 0.1) is 23.2 Å². The predicted octanol–water partition coefficient (Wildman–Crippen LogP) is 5.30. The maximum atomic E-state index is 10.1. The molecule has 1 aromatic carbocycles. The lowest BCUT2D eigenvalue weighted by Gasteiger charge is -2.32. The van der Waals surface area contributed by atoms with Crippen molar-refractivity contribution in [2.75, 3.05) is 34.4 Å². The van der Waals surface area contributed by atoms with Crippen molar-refractivity contribution in [1.29, 1.82) is 5.26 Å². The van der Waals surface area contributed by atoms with Gasteiger partial charge in [0.15, 0.2) is 11.5 Å². The van der Waals surface area contributed by atoms with Gasteiger partial charge in [-0.05, 0) is 68.9 Å². The van der Waals surface area contributed by atoms with Crippen LogP contribution in [-0.2, 0) is 5.41 Å². The van der Waals surface area contributed by atoms with Gasteiger partial charge in [0.2, 0.25) is 0 Å². The summed E-state index contributed by atoms with van der Waals surface area (Å²) in [4.78, 5) is 2.37. The number of benzene rings is 1. The molecule has 0 fully saturated rings. The molecule has 0 saturated carbocycles. The summed E-state index contributed by atoms with van der Waals surface area (Å²) in [6.07, 6.45) is 3.04. The lowest BCUT2D eigenvalue weighted by molar-refractivity contribution is 0.278. The van der Waals surface area contributed by atoms with Crippen molar-refractivity contribution in [2.45, 2.75) is 52.4 Å². The molecular formula is C22H37ClN2O2. The molecule has 0 saturated heterocycles. The number of ether oxygens (including phenoxy) is 2. The van der Waals surface area contributed by atoms with E-state index in [-0.39, 0.29) is 18.3 Å². The van der Waals surface area contributed by atoms with Gasteiger partial charge in [0, 0.05) is 0 Å². The molecule has 5 heteroatoms. The monoisotopic (exact) mass is 396 g/mol. The summed E-state index contributed by atoms with van der Waals surface area (Å²) < 4.78 is 10.8. The quantitative estimate of drug-likeness (QED) is 0.509. The second-order valence-electron chi connectivity index (χ2n) is 7.90. The predicted molar refractivity (Wildman–Crippen MR) is 115 cm³/mol. The third-order valence-corrected chi connectivity index (χ3v) is 5.28. The van der Waals surface area contributed by atoms with E-state index in [1.54, 1.807) is 14.2 Å². The summed E-state index contributed by atoms with van der Waals surface area (Å²) in [7, 11) is 5.43. The Balaban J connectivity index is 0.00000676. The molecule has 0 spiro atoms. The molecule has 0 N–H and O–H groups in total. The molecule has 0 heterocycles. The summed E-state index contributed by atoms with van der Waals surface area (Å²) in [5.74, 6) is 2.31. The van der Waals surface area contributed by atoms with E-state index in [2.05, 4.69) is 45.7 Å². The Morgan fingerprint density at radius 3 is 2.19 bits per heavy atom. The first-order chi connectivity index (χ1) is 12.3. The Hall–Kier alpha value is -1.44. The van der Waals surface area contributed by atoms with Crippen LogP contribution in [0.4, 0.5) is 0 Å². The number of nitrogens with zero attached hydrogens (tertiary/aromatic N) is 2. The second kappa shape index (κ2) is 12.1. The highest BCUT2D eigenvalue weighted by Gasteiger charge is 2.36. The molecule has 4 nitrogen and oxygen atoms in total. The Bertz CT molecular complexity index is 598. The highest BCUT2D eigenvalue weighted by atomic mass is 35.5.